The molecule has 1 rings (SSSR count). The van der Waals surface area contributed by atoms with Gasteiger partial charge in [0.1, 0.15) is 0 Å². The Balaban J connectivity index is 2.02. The molecule has 0 aliphatic carbocycles. The number of nitrogens with one attached hydrogen (secondary N) is 1. The topological polar surface area (TPSA) is 54.4 Å². The van der Waals surface area contributed by atoms with Crippen LogP contribution in [0.5, 0.6) is 0 Å². The van der Waals surface area contributed by atoms with E-state index in [0.29, 0.717) is 13.2 Å². The lowest BCUT2D eigenvalue weighted by molar-refractivity contribution is 0.0938. The van der Waals surface area contributed by atoms with Crippen LogP contribution >= 0.6 is 11.3 Å². The molecule has 0 unspecified atom stereocenters. The van der Waals surface area contributed by atoms with Crippen molar-refractivity contribution in [1.82, 2.24) is 10.3 Å². The Bertz CT molecular complexity index is 253. The van der Waals surface area contributed by atoms with E-state index in [9.17, 15) is 0 Å². The van der Waals surface area contributed by atoms with Crippen LogP contribution < -0.4 is 5.32 Å². The van der Waals surface area contributed by atoms with Gasteiger partial charge in [0, 0.05) is 18.0 Å². The summed E-state index contributed by atoms with van der Waals surface area (Å²) < 4.78 is 5.11. The molecule has 0 aliphatic heterocycles. The van der Waals surface area contributed by atoms with Crippen molar-refractivity contribution >= 4 is 11.3 Å². The van der Waals surface area contributed by atoms with Gasteiger partial charge in [0.05, 0.1) is 31.0 Å². The number of ether oxygens (including phenoxy) is 1. The van der Waals surface area contributed by atoms with Crippen molar-refractivity contribution in [2.75, 3.05) is 26.4 Å². The number of aliphatic hydroxyl groups is 1. The highest BCUT2D eigenvalue weighted by Crippen LogP contribution is 2.10. The maximum Gasteiger partial charge on any atom is 0.0798 e. The highest BCUT2D eigenvalue weighted by atomic mass is 32.1. The van der Waals surface area contributed by atoms with Crippen molar-refractivity contribution in [3.05, 3.63) is 16.1 Å². The molecule has 0 saturated heterocycles. The van der Waals surface area contributed by atoms with Gasteiger partial charge in [-0.05, 0) is 6.92 Å². The molecular weight excluding hydrogens is 200 g/mol. The highest BCUT2D eigenvalue weighted by molar-refractivity contribution is 7.09. The number of aromatic nitrogens is 1. The van der Waals surface area contributed by atoms with Gasteiger partial charge in [0.25, 0.3) is 0 Å². The molecule has 1 heterocycles. The molecule has 0 spiro atoms. The molecule has 1 aromatic heterocycles. The molecule has 1 aromatic rings. The van der Waals surface area contributed by atoms with Gasteiger partial charge in [-0.3, -0.25) is 0 Å². The average molecular weight is 216 g/mol. The minimum atomic E-state index is 0.0912. The van der Waals surface area contributed by atoms with E-state index in [1.165, 1.54) is 4.88 Å². The molecule has 0 bridgehead atoms. The zero-order chi connectivity index (χ0) is 10.2. The van der Waals surface area contributed by atoms with Crippen molar-refractivity contribution in [2.45, 2.75) is 13.5 Å². The third-order valence-corrected chi connectivity index (χ3v) is 2.72. The minimum Gasteiger partial charge on any atom is -0.394 e. The second-order valence-corrected chi connectivity index (χ2v) is 3.81. The van der Waals surface area contributed by atoms with E-state index in [0.717, 1.165) is 18.8 Å². The van der Waals surface area contributed by atoms with Crippen molar-refractivity contribution in [2.24, 2.45) is 0 Å². The SMILES string of the molecule is Cc1ncsc1CNCCOCCO. The van der Waals surface area contributed by atoms with Crippen LogP contribution in [0.1, 0.15) is 10.6 Å². The van der Waals surface area contributed by atoms with Crippen LogP contribution in [-0.4, -0.2) is 36.5 Å². The zero-order valence-corrected chi connectivity index (χ0v) is 9.14. The Morgan fingerprint density at radius 3 is 3.07 bits per heavy atom. The average Bonchev–Trinajstić information content (AvgIpc) is 2.58. The second kappa shape index (κ2) is 6.89. The molecule has 80 valence electrons. The third kappa shape index (κ3) is 4.15. The first kappa shape index (κ1) is 11.6. The number of aryl methyl sites for hydroxylation is 1. The molecule has 0 saturated carbocycles. The lowest BCUT2D eigenvalue weighted by atomic mass is 10.4. The number of hydrogen-bond donors (Lipinski definition) is 2. The number of nitrogens with zero attached hydrogens (tertiary/aromatic N) is 1. The molecule has 14 heavy (non-hydrogen) atoms. The molecule has 0 aliphatic rings. The van der Waals surface area contributed by atoms with Crippen LogP contribution in [0.2, 0.25) is 0 Å². The van der Waals surface area contributed by atoms with Gasteiger partial charge in [-0.25, -0.2) is 4.98 Å². The molecule has 2 N–H and O–H groups in total. The van der Waals surface area contributed by atoms with Gasteiger partial charge in [0.2, 0.25) is 0 Å². The van der Waals surface area contributed by atoms with Crippen LogP contribution in [0.3, 0.4) is 0 Å². The molecular formula is C9H16N2O2S. The van der Waals surface area contributed by atoms with Gasteiger partial charge >= 0.3 is 0 Å². The summed E-state index contributed by atoms with van der Waals surface area (Å²) in [4.78, 5) is 5.43. The molecule has 0 amide bonds. The normalized spacial score (nSPS) is 10.7. The van der Waals surface area contributed by atoms with Crippen LogP contribution in [0.4, 0.5) is 0 Å². The summed E-state index contributed by atoms with van der Waals surface area (Å²) in [5.74, 6) is 0. The predicted molar refractivity (Wildman–Crippen MR) is 56.5 cm³/mol. The van der Waals surface area contributed by atoms with E-state index in [1.807, 2.05) is 12.4 Å². The maximum atomic E-state index is 8.46. The Labute approximate surface area is 87.9 Å². The van der Waals surface area contributed by atoms with E-state index in [1.54, 1.807) is 11.3 Å². The first-order valence-electron chi connectivity index (χ1n) is 4.63. The molecule has 0 radical (unpaired) electrons. The van der Waals surface area contributed by atoms with Crippen molar-refractivity contribution in [3.8, 4) is 0 Å². The maximum absolute atomic E-state index is 8.46. The molecule has 0 atom stereocenters. The van der Waals surface area contributed by atoms with Crippen LogP contribution in [0.15, 0.2) is 5.51 Å². The fraction of sp³-hybridized carbons (Fsp3) is 0.667. The fourth-order valence-electron chi connectivity index (χ4n) is 1.01. The summed E-state index contributed by atoms with van der Waals surface area (Å²) >= 11 is 1.66. The summed E-state index contributed by atoms with van der Waals surface area (Å²) in [6.07, 6.45) is 0. The third-order valence-electron chi connectivity index (χ3n) is 1.79. The van der Waals surface area contributed by atoms with Crippen LogP contribution in [-0.2, 0) is 11.3 Å². The van der Waals surface area contributed by atoms with Crippen LogP contribution in [0.25, 0.3) is 0 Å². The summed E-state index contributed by atoms with van der Waals surface area (Å²) in [7, 11) is 0. The standard InChI is InChI=1S/C9H16N2O2S/c1-8-9(14-7-11-8)6-10-2-4-13-5-3-12/h7,10,12H,2-6H2,1H3. The van der Waals surface area contributed by atoms with Crippen molar-refractivity contribution < 1.29 is 9.84 Å². The lowest BCUT2D eigenvalue weighted by Crippen LogP contribution is -2.19. The highest BCUT2D eigenvalue weighted by Gasteiger charge is 1.99. The Morgan fingerprint density at radius 2 is 2.43 bits per heavy atom. The molecule has 0 aromatic carbocycles. The Hall–Kier alpha value is -0.490. The van der Waals surface area contributed by atoms with E-state index in [2.05, 4.69) is 10.3 Å². The van der Waals surface area contributed by atoms with Gasteiger partial charge in [0.15, 0.2) is 0 Å². The van der Waals surface area contributed by atoms with E-state index < -0.39 is 0 Å². The number of rotatable bonds is 7. The van der Waals surface area contributed by atoms with Gasteiger partial charge < -0.3 is 15.2 Å². The molecule has 0 fully saturated rings. The van der Waals surface area contributed by atoms with E-state index in [4.69, 9.17) is 9.84 Å². The van der Waals surface area contributed by atoms with Crippen molar-refractivity contribution in [1.29, 1.82) is 0 Å². The largest absolute Gasteiger partial charge is 0.394 e. The second-order valence-electron chi connectivity index (χ2n) is 2.87. The minimum absolute atomic E-state index is 0.0912. The summed E-state index contributed by atoms with van der Waals surface area (Å²) in [6, 6.07) is 0. The van der Waals surface area contributed by atoms with E-state index in [-0.39, 0.29) is 6.61 Å². The Kier molecular flexibility index (Phi) is 5.70. The number of thiazole rings is 1. The summed E-state index contributed by atoms with van der Waals surface area (Å²) in [6.45, 7) is 4.81. The van der Waals surface area contributed by atoms with Gasteiger partial charge in [-0.1, -0.05) is 0 Å². The Morgan fingerprint density at radius 1 is 1.57 bits per heavy atom. The molecule has 5 heteroatoms. The quantitative estimate of drug-likeness (QED) is 0.654. The first-order valence-corrected chi connectivity index (χ1v) is 5.51. The van der Waals surface area contributed by atoms with Crippen LogP contribution in [0, 0.1) is 6.92 Å². The lowest BCUT2D eigenvalue weighted by Gasteiger charge is -2.03. The predicted octanol–water partition coefficient (Wildman–Crippen LogP) is 0.550. The van der Waals surface area contributed by atoms with Gasteiger partial charge in [-0.2, -0.15) is 0 Å². The summed E-state index contributed by atoms with van der Waals surface area (Å²) in [5.41, 5.74) is 2.95. The van der Waals surface area contributed by atoms with E-state index >= 15 is 0 Å². The first-order chi connectivity index (χ1) is 6.84. The van der Waals surface area contributed by atoms with Gasteiger partial charge in [-0.15, -0.1) is 11.3 Å². The zero-order valence-electron chi connectivity index (χ0n) is 8.32. The number of hydrogen-bond acceptors (Lipinski definition) is 5. The van der Waals surface area contributed by atoms with Crippen molar-refractivity contribution in [3.63, 3.8) is 0 Å². The summed E-state index contributed by atoms with van der Waals surface area (Å²) in [5, 5.41) is 11.7. The molecule has 4 nitrogen and oxygen atoms in total. The monoisotopic (exact) mass is 216 g/mol. The fourth-order valence-corrected chi connectivity index (χ4v) is 1.76. The number of aliphatic hydroxyl groups excluding tert-OH is 1. The smallest absolute Gasteiger partial charge is 0.0798 e.